The van der Waals surface area contributed by atoms with E-state index in [-0.39, 0.29) is 12.0 Å². The Hall–Kier alpha value is -1.30. The SMILES string of the molecule is COC(=O)N1CCN(C(=O)C2(N)CC2)CC1. The molecule has 16 heavy (non-hydrogen) atoms. The van der Waals surface area contributed by atoms with E-state index in [1.807, 2.05) is 0 Å². The van der Waals surface area contributed by atoms with Crippen LogP contribution >= 0.6 is 0 Å². The van der Waals surface area contributed by atoms with Crippen LogP contribution < -0.4 is 5.73 Å². The number of nitrogens with two attached hydrogens (primary N) is 1. The normalized spacial score (nSPS) is 22.9. The van der Waals surface area contributed by atoms with Crippen molar-refractivity contribution in [1.29, 1.82) is 0 Å². The van der Waals surface area contributed by atoms with Crippen molar-refractivity contribution < 1.29 is 14.3 Å². The van der Waals surface area contributed by atoms with Gasteiger partial charge in [0, 0.05) is 26.2 Å². The zero-order chi connectivity index (χ0) is 11.8. The molecule has 2 N–H and O–H groups in total. The molecular formula is C10H17N3O3. The molecule has 0 bridgehead atoms. The fourth-order valence-electron chi connectivity index (χ4n) is 1.88. The molecule has 6 nitrogen and oxygen atoms in total. The summed E-state index contributed by atoms with van der Waals surface area (Å²) < 4.78 is 4.62. The van der Waals surface area contributed by atoms with Crippen LogP contribution in [0.25, 0.3) is 0 Å². The number of ether oxygens (including phenoxy) is 1. The predicted octanol–water partition coefficient (Wildman–Crippen LogP) is -0.612. The summed E-state index contributed by atoms with van der Waals surface area (Å²) in [6, 6.07) is 0. The third-order valence-electron chi connectivity index (χ3n) is 3.21. The minimum Gasteiger partial charge on any atom is -0.453 e. The van der Waals surface area contributed by atoms with Crippen molar-refractivity contribution in [1.82, 2.24) is 9.80 Å². The number of hydrogen-bond donors (Lipinski definition) is 1. The van der Waals surface area contributed by atoms with Crippen molar-refractivity contribution in [2.24, 2.45) is 5.73 Å². The van der Waals surface area contributed by atoms with Crippen LogP contribution in [0.5, 0.6) is 0 Å². The molecule has 1 saturated heterocycles. The fourth-order valence-corrected chi connectivity index (χ4v) is 1.88. The molecule has 0 aromatic rings. The van der Waals surface area contributed by atoms with E-state index in [2.05, 4.69) is 4.74 Å². The van der Waals surface area contributed by atoms with Crippen LogP contribution in [0.1, 0.15) is 12.8 Å². The minimum atomic E-state index is -0.604. The van der Waals surface area contributed by atoms with Gasteiger partial charge in [-0.05, 0) is 12.8 Å². The van der Waals surface area contributed by atoms with Gasteiger partial charge in [0.2, 0.25) is 5.91 Å². The molecule has 0 aromatic carbocycles. The van der Waals surface area contributed by atoms with E-state index in [0.29, 0.717) is 26.2 Å². The van der Waals surface area contributed by atoms with Crippen molar-refractivity contribution in [3.05, 3.63) is 0 Å². The van der Waals surface area contributed by atoms with E-state index in [1.54, 1.807) is 9.80 Å². The van der Waals surface area contributed by atoms with Gasteiger partial charge < -0.3 is 20.3 Å². The lowest BCUT2D eigenvalue weighted by Gasteiger charge is -2.35. The summed E-state index contributed by atoms with van der Waals surface area (Å²) in [6.07, 6.45) is 1.23. The van der Waals surface area contributed by atoms with Gasteiger partial charge in [-0.1, -0.05) is 0 Å². The molecule has 90 valence electrons. The molecule has 1 aliphatic heterocycles. The molecule has 0 aromatic heterocycles. The molecule has 6 heteroatoms. The summed E-state index contributed by atoms with van der Waals surface area (Å²) in [4.78, 5) is 26.5. The monoisotopic (exact) mass is 227 g/mol. The molecule has 0 unspecified atom stereocenters. The lowest BCUT2D eigenvalue weighted by Crippen LogP contribution is -2.55. The number of piperazine rings is 1. The van der Waals surface area contributed by atoms with Crippen LogP contribution in [0.2, 0.25) is 0 Å². The summed E-state index contributed by atoms with van der Waals surface area (Å²) >= 11 is 0. The Morgan fingerprint density at radius 2 is 1.62 bits per heavy atom. The zero-order valence-electron chi connectivity index (χ0n) is 9.44. The molecule has 1 saturated carbocycles. The van der Waals surface area contributed by atoms with E-state index in [1.165, 1.54) is 7.11 Å². The number of methoxy groups -OCH3 is 1. The van der Waals surface area contributed by atoms with Crippen molar-refractivity contribution in [2.45, 2.75) is 18.4 Å². The Bertz CT molecular complexity index is 306. The number of carbonyl (C=O) groups excluding carboxylic acids is 2. The maximum Gasteiger partial charge on any atom is 0.409 e. The Morgan fingerprint density at radius 3 is 2.06 bits per heavy atom. The van der Waals surface area contributed by atoms with Crippen molar-refractivity contribution in [3.8, 4) is 0 Å². The summed E-state index contributed by atoms with van der Waals surface area (Å²) in [7, 11) is 1.36. The molecule has 0 radical (unpaired) electrons. The molecule has 0 atom stereocenters. The standard InChI is InChI=1S/C10H17N3O3/c1-16-9(15)13-6-4-12(5-7-13)8(14)10(11)2-3-10/h2-7,11H2,1H3. The Balaban J connectivity index is 1.85. The van der Waals surface area contributed by atoms with Crippen LogP contribution in [0, 0.1) is 0 Å². The lowest BCUT2D eigenvalue weighted by atomic mass is 10.2. The maximum absolute atomic E-state index is 11.9. The van der Waals surface area contributed by atoms with Crippen molar-refractivity contribution in [3.63, 3.8) is 0 Å². The van der Waals surface area contributed by atoms with E-state index in [0.717, 1.165) is 12.8 Å². The van der Waals surface area contributed by atoms with Gasteiger partial charge in [0.1, 0.15) is 0 Å². The molecular weight excluding hydrogens is 210 g/mol. The van der Waals surface area contributed by atoms with E-state index >= 15 is 0 Å². The molecule has 2 aliphatic rings. The second-order valence-corrected chi connectivity index (χ2v) is 4.41. The highest BCUT2D eigenvalue weighted by molar-refractivity contribution is 5.89. The maximum atomic E-state index is 11.9. The van der Waals surface area contributed by atoms with Gasteiger partial charge in [0.15, 0.2) is 0 Å². The van der Waals surface area contributed by atoms with E-state index in [4.69, 9.17) is 5.73 Å². The summed E-state index contributed by atoms with van der Waals surface area (Å²) in [5.74, 6) is 0.0250. The number of carbonyl (C=O) groups is 2. The molecule has 1 heterocycles. The number of nitrogens with zero attached hydrogens (tertiary/aromatic N) is 2. The zero-order valence-corrected chi connectivity index (χ0v) is 9.44. The first kappa shape index (κ1) is 11.2. The van der Waals surface area contributed by atoms with Gasteiger partial charge in [-0.3, -0.25) is 4.79 Å². The highest BCUT2D eigenvalue weighted by Gasteiger charge is 2.48. The second kappa shape index (κ2) is 3.93. The number of amides is 2. The van der Waals surface area contributed by atoms with Crippen molar-refractivity contribution in [2.75, 3.05) is 33.3 Å². The smallest absolute Gasteiger partial charge is 0.409 e. The van der Waals surface area contributed by atoms with Gasteiger partial charge in [-0.25, -0.2) is 4.79 Å². The first-order chi connectivity index (χ1) is 7.57. The van der Waals surface area contributed by atoms with Gasteiger partial charge in [0.05, 0.1) is 12.6 Å². The van der Waals surface area contributed by atoms with Gasteiger partial charge in [-0.15, -0.1) is 0 Å². The van der Waals surface area contributed by atoms with Crippen LogP contribution in [0.4, 0.5) is 4.79 Å². The second-order valence-electron chi connectivity index (χ2n) is 4.41. The molecule has 0 spiro atoms. The van der Waals surface area contributed by atoms with Crippen LogP contribution in [0.15, 0.2) is 0 Å². The fraction of sp³-hybridized carbons (Fsp3) is 0.800. The Kier molecular flexibility index (Phi) is 2.75. The van der Waals surface area contributed by atoms with Crippen LogP contribution in [0.3, 0.4) is 0 Å². The van der Waals surface area contributed by atoms with Gasteiger partial charge in [0.25, 0.3) is 0 Å². The molecule has 1 aliphatic carbocycles. The summed E-state index contributed by atoms with van der Waals surface area (Å²) in [6.45, 7) is 2.14. The Morgan fingerprint density at radius 1 is 1.12 bits per heavy atom. The van der Waals surface area contributed by atoms with E-state index in [9.17, 15) is 9.59 Å². The third-order valence-corrected chi connectivity index (χ3v) is 3.21. The van der Waals surface area contributed by atoms with Crippen molar-refractivity contribution >= 4 is 12.0 Å². The molecule has 2 amide bonds. The molecule has 2 rings (SSSR count). The minimum absolute atomic E-state index is 0.0250. The van der Waals surface area contributed by atoms with E-state index < -0.39 is 5.54 Å². The van der Waals surface area contributed by atoms with Crippen LogP contribution in [-0.4, -0.2) is 60.6 Å². The first-order valence-corrected chi connectivity index (χ1v) is 5.48. The summed E-state index contributed by atoms with van der Waals surface area (Å²) in [5, 5.41) is 0. The first-order valence-electron chi connectivity index (χ1n) is 5.48. The topological polar surface area (TPSA) is 75.9 Å². The summed E-state index contributed by atoms with van der Waals surface area (Å²) in [5.41, 5.74) is 5.24. The largest absolute Gasteiger partial charge is 0.453 e. The number of rotatable bonds is 1. The molecule has 2 fully saturated rings. The van der Waals surface area contributed by atoms with Crippen LogP contribution in [-0.2, 0) is 9.53 Å². The highest BCUT2D eigenvalue weighted by Crippen LogP contribution is 2.34. The quantitative estimate of drug-likeness (QED) is 0.648. The van der Waals surface area contributed by atoms with Gasteiger partial charge >= 0.3 is 6.09 Å². The highest BCUT2D eigenvalue weighted by atomic mass is 16.5. The average molecular weight is 227 g/mol. The van der Waals surface area contributed by atoms with Gasteiger partial charge in [-0.2, -0.15) is 0 Å². The average Bonchev–Trinajstić information content (AvgIpc) is 3.07. The third kappa shape index (κ3) is 1.97. The Labute approximate surface area is 94.3 Å². The predicted molar refractivity (Wildman–Crippen MR) is 56.7 cm³/mol. The number of hydrogen-bond acceptors (Lipinski definition) is 4. The lowest BCUT2D eigenvalue weighted by molar-refractivity contribution is -0.135.